The summed E-state index contributed by atoms with van der Waals surface area (Å²) < 4.78 is 46.9. The summed E-state index contributed by atoms with van der Waals surface area (Å²) in [5.41, 5.74) is 1.53. The second kappa shape index (κ2) is 11.3. The molecule has 0 bridgehead atoms. The van der Waals surface area contributed by atoms with Gasteiger partial charge in [0.15, 0.2) is 0 Å². The lowest BCUT2D eigenvalue weighted by atomic mass is 10.2. The fourth-order valence-corrected chi connectivity index (χ4v) is 5.62. The number of methoxy groups -OCH3 is 1. The number of para-hydroxylation sites is 2. The second-order valence-electron chi connectivity index (χ2n) is 8.39. The maximum Gasteiger partial charge on any atom is 0.243 e. The highest BCUT2D eigenvalue weighted by Crippen LogP contribution is 2.28. The van der Waals surface area contributed by atoms with Crippen molar-refractivity contribution in [3.63, 3.8) is 0 Å². The summed E-state index contributed by atoms with van der Waals surface area (Å²) in [6, 6.07) is 19.0. The average Bonchev–Trinajstić information content (AvgIpc) is 2.89. The van der Waals surface area contributed by atoms with Gasteiger partial charge in [0, 0.05) is 37.7 Å². The van der Waals surface area contributed by atoms with Crippen LogP contribution in [0.15, 0.2) is 77.7 Å². The SMILES string of the molecule is COc1ccccc1N1CCN(C(=O)CN(Cc2ccc(F)cc2)S(=O)(=O)c2ccc(Cl)cc2)CC1. The number of piperazine rings is 1. The van der Waals surface area contributed by atoms with Crippen LogP contribution in [0.25, 0.3) is 0 Å². The number of benzene rings is 3. The van der Waals surface area contributed by atoms with Crippen LogP contribution < -0.4 is 9.64 Å². The van der Waals surface area contributed by atoms with Crippen LogP contribution in [0.5, 0.6) is 5.75 Å². The van der Waals surface area contributed by atoms with E-state index in [-0.39, 0.29) is 23.9 Å². The van der Waals surface area contributed by atoms with Gasteiger partial charge in [0.1, 0.15) is 11.6 Å². The number of halogens is 2. The molecule has 0 unspecified atom stereocenters. The zero-order valence-corrected chi connectivity index (χ0v) is 21.4. The first kappa shape index (κ1) is 25.9. The van der Waals surface area contributed by atoms with Gasteiger partial charge in [-0.15, -0.1) is 0 Å². The van der Waals surface area contributed by atoms with Crippen molar-refractivity contribution in [3.05, 3.63) is 89.2 Å². The first-order valence-electron chi connectivity index (χ1n) is 11.4. The van der Waals surface area contributed by atoms with E-state index in [2.05, 4.69) is 4.90 Å². The maximum atomic E-state index is 13.5. The molecule has 0 spiro atoms. The lowest BCUT2D eigenvalue weighted by Crippen LogP contribution is -2.51. The Labute approximate surface area is 215 Å². The number of hydrogen-bond donors (Lipinski definition) is 0. The van der Waals surface area contributed by atoms with E-state index >= 15 is 0 Å². The van der Waals surface area contributed by atoms with Crippen LogP contribution in [0.1, 0.15) is 5.56 Å². The molecule has 1 fully saturated rings. The van der Waals surface area contributed by atoms with E-state index in [1.807, 2.05) is 24.3 Å². The first-order valence-corrected chi connectivity index (χ1v) is 13.3. The Balaban J connectivity index is 1.50. The van der Waals surface area contributed by atoms with Gasteiger partial charge in [-0.25, -0.2) is 12.8 Å². The number of anilines is 1. The predicted molar refractivity (Wildman–Crippen MR) is 137 cm³/mol. The molecule has 1 aliphatic rings. The van der Waals surface area contributed by atoms with Crippen molar-refractivity contribution < 1.29 is 22.3 Å². The Morgan fingerprint density at radius 3 is 2.25 bits per heavy atom. The Morgan fingerprint density at radius 1 is 0.972 bits per heavy atom. The van der Waals surface area contributed by atoms with E-state index in [1.54, 1.807) is 12.0 Å². The van der Waals surface area contributed by atoms with Gasteiger partial charge in [-0.2, -0.15) is 4.31 Å². The molecule has 1 aliphatic heterocycles. The van der Waals surface area contributed by atoms with Gasteiger partial charge in [-0.05, 0) is 54.1 Å². The predicted octanol–water partition coefficient (Wildman–Crippen LogP) is 4.03. The highest BCUT2D eigenvalue weighted by molar-refractivity contribution is 7.89. The molecule has 4 rings (SSSR count). The number of nitrogens with zero attached hydrogens (tertiary/aromatic N) is 3. The molecule has 1 saturated heterocycles. The molecule has 1 amide bonds. The molecule has 1 heterocycles. The average molecular weight is 532 g/mol. The van der Waals surface area contributed by atoms with Gasteiger partial charge in [-0.3, -0.25) is 4.79 Å². The molecule has 3 aromatic carbocycles. The number of carbonyl (C=O) groups excluding carboxylic acids is 1. The highest BCUT2D eigenvalue weighted by atomic mass is 35.5. The largest absolute Gasteiger partial charge is 0.495 e. The molecule has 0 aliphatic carbocycles. The molecule has 0 atom stereocenters. The Kier molecular flexibility index (Phi) is 8.13. The molecular weight excluding hydrogens is 505 g/mol. The van der Waals surface area contributed by atoms with Crippen LogP contribution in [0.4, 0.5) is 10.1 Å². The summed E-state index contributed by atoms with van der Waals surface area (Å²) in [6.45, 7) is 1.67. The molecule has 0 radical (unpaired) electrons. The van der Waals surface area contributed by atoms with Crippen molar-refractivity contribution in [1.29, 1.82) is 0 Å². The van der Waals surface area contributed by atoms with Gasteiger partial charge in [0.25, 0.3) is 0 Å². The van der Waals surface area contributed by atoms with Crippen molar-refractivity contribution in [2.75, 3.05) is 44.7 Å². The third-order valence-electron chi connectivity index (χ3n) is 6.09. The molecule has 36 heavy (non-hydrogen) atoms. The zero-order chi connectivity index (χ0) is 25.7. The topological polar surface area (TPSA) is 70.2 Å². The summed E-state index contributed by atoms with van der Waals surface area (Å²) in [4.78, 5) is 17.1. The van der Waals surface area contributed by atoms with Crippen molar-refractivity contribution >= 4 is 33.2 Å². The van der Waals surface area contributed by atoms with Crippen LogP contribution in [-0.2, 0) is 21.4 Å². The Hall–Kier alpha value is -3.14. The molecule has 10 heteroatoms. The van der Waals surface area contributed by atoms with E-state index in [9.17, 15) is 17.6 Å². The third kappa shape index (κ3) is 5.98. The number of ether oxygens (including phenoxy) is 1. The van der Waals surface area contributed by atoms with Gasteiger partial charge in [0.05, 0.1) is 24.2 Å². The molecule has 0 aromatic heterocycles. The molecule has 3 aromatic rings. The number of sulfonamides is 1. The molecular formula is C26H27ClFN3O4S. The van der Waals surface area contributed by atoms with Gasteiger partial charge >= 0.3 is 0 Å². The standard InChI is InChI=1S/C26H27ClFN3O4S/c1-35-25-5-3-2-4-24(25)29-14-16-30(17-15-29)26(32)19-31(18-20-6-10-22(28)11-7-20)36(33,34)23-12-8-21(27)9-13-23/h2-13H,14-19H2,1H3. The number of carbonyl (C=O) groups is 1. The lowest BCUT2D eigenvalue weighted by Gasteiger charge is -2.37. The normalized spacial score (nSPS) is 14.2. The summed E-state index contributed by atoms with van der Waals surface area (Å²) >= 11 is 5.93. The fourth-order valence-electron chi connectivity index (χ4n) is 4.11. The van der Waals surface area contributed by atoms with Gasteiger partial charge in [-0.1, -0.05) is 35.9 Å². The zero-order valence-electron chi connectivity index (χ0n) is 19.8. The minimum absolute atomic E-state index is 0.0304. The Morgan fingerprint density at radius 2 is 1.61 bits per heavy atom. The van der Waals surface area contributed by atoms with E-state index in [0.717, 1.165) is 15.7 Å². The fraction of sp³-hybridized carbons (Fsp3) is 0.269. The minimum atomic E-state index is -4.02. The minimum Gasteiger partial charge on any atom is -0.495 e. The van der Waals surface area contributed by atoms with Crippen molar-refractivity contribution in [1.82, 2.24) is 9.21 Å². The van der Waals surface area contributed by atoms with E-state index in [4.69, 9.17) is 16.3 Å². The van der Waals surface area contributed by atoms with Gasteiger partial charge in [0.2, 0.25) is 15.9 Å². The quantitative estimate of drug-likeness (QED) is 0.439. The summed E-state index contributed by atoms with van der Waals surface area (Å²) in [6.07, 6.45) is 0. The van der Waals surface area contributed by atoms with Crippen LogP contribution in [0, 0.1) is 5.82 Å². The van der Waals surface area contributed by atoms with Crippen LogP contribution in [0.2, 0.25) is 5.02 Å². The van der Waals surface area contributed by atoms with Crippen LogP contribution in [-0.4, -0.2) is 63.4 Å². The van der Waals surface area contributed by atoms with Crippen molar-refractivity contribution in [2.45, 2.75) is 11.4 Å². The number of rotatable bonds is 8. The van der Waals surface area contributed by atoms with Gasteiger partial charge < -0.3 is 14.5 Å². The van der Waals surface area contributed by atoms with Crippen molar-refractivity contribution in [2.24, 2.45) is 0 Å². The summed E-state index contributed by atoms with van der Waals surface area (Å²) in [7, 11) is -2.40. The maximum absolute atomic E-state index is 13.5. The summed E-state index contributed by atoms with van der Waals surface area (Å²) in [5.74, 6) is 0.0426. The van der Waals surface area contributed by atoms with E-state index < -0.39 is 15.8 Å². The molecule has 0 saturated carbocycles. The molecule has 190 valence electrons. The molecule has 7 nitrogen and oxygen atoms in total. The van der Waals surface area contributed by atoms with E-state index in [1.165, 1.54) is 48.5 Å². The van der Waals surface area contributed by atoms with Crippen LogP contribution >= 0.6 is 11.6 Å². The first-order chi connectivity index (χ1) is 17.3. The number of amides is 1. The van der Waals surface area contributed by atoms with E-state index in [0.29, 0.717) is 36.8 Å². The third-order valence-corrected chi connectivity index (χ3v) is 8.15. The molecule has 0 N–H and O–H groups in total. The number of hydrogen-bond acceptors (Lipinski definition) is 5. The van der Waals surface area contributed by atoms with Crippen molar-refractivity contribution in [3.8, 4) is 5.75 Å². The Bertz CT molecular complexity index is 1300. The van der Waals surface area contributed by atoms with Crippen LogP contribution in [0.3, 0.4) is 0 Å². The monoisotopic (exact) mass is 531 g/mol. The highest BCUT2D eigenvalue weighted by Gasteiger charge is 2.30. The summed E-state index contributed by atoms with van der Waals surface area (Å²) in [5, 5.41) is 0.406. The lowest BCUT2D eigenvalue weighted by molar-refractivity contribution is -0.131. The second-order valence-corrected chi connectivity index (χ2v) is 10.8. The smallest absolute Gasteiger partial charge is 0.243 e.